The normalized spacial score (nSPS) is 13.7. The van der Waals surface area contributed by atoms with Crippen LogP contribution in [0.25, 0.3) is 15.9 Å². The number of ether oxygens (including phenoxy) is 1. The molecule has 0 atom stereocenters. The number of hydrogen-bond donors (Lipinski definition) is 0. The maximum atomic E-state index is 13.9. The number of carbonyl (C=O) groups excluding carboxylic acids is 1. The van der Waals surface area contributed by atoms with Gasteiger partial charge in [-0.3, -0.25) is 14.2 Å². The number of likely N-dealkylation sites (N-methyl/N-ethyl adjacent to an activating group) is 1. The number of aryl methyl sites for hydroxylation is 1. The Kier molecular flexibility index (Phi) is 6.29. The molecule has 8 heteroatoms. The Hall–Kier alpha value is -2.94. The van der Waals surface area contributed by atoms with E-state index in [9.17, 15) is 9.59 Å². The van der Waals surface area contributed by atoms with E-state index in [4.69, 9.17) is 9.72 Å². The molecule has 0 saturated heterocycles. The fourth-order valence-corrected chi connectivity index (χ4v) is 6.41. The van der Waals surface area contributed by atoms with E-state index >= 15 is 0 Å². The molecule has 2 aromatic heterocycles. The van der Waals surface area contributed by atoms with Gasteiger partial charge in [-0.1, -0.05) is 41.6 Å². The predicted molar refractivity (Wildman–Crippen MR) is 138 cm³/mol. The minimum atomic E-state index is -0.0810. The molecule has 4 aromatic rings. The van der Waals surface area contributed by atoms with Gasteiger partial charge in [0.1, 0.15) is 10.6 Å². The number of Topliss-reactive ketones (excluding diaryl/α,β-unsaturated/α-hetero) is 1. The second-order valence-electron chi connectivity index (χ2n) is 8.48. The van der Waals surface area contributed by atoms with Gasteiger partial charge in [0.2, 0.25) is 0 Å². The van der Waals surface area contributed by atoms with Gasteiger partial charge in [0.15, 0.2) is 10.9 Å². The van der Waals surface area contributed by atoms with Crippen LogP contribution in [0.5, 0.6) is 5.75 Å². The van der Waals surface area contributed by atoms with Crippen LogP contribution in [-0.4, -0.2) is 46.7 Å². The third-order valence-electron chi connectivity index (χ3n) is 6.07. The lowest BCUT2D eigenvalue weighted by Crippen LogP contribution is -2.27. The first-order valence-corrected chi connectivity index (χ1v) is 12.9. The van der Waals surface area contributed by atoms with Crippen molar-refractivity contribution in [3.05, 3.63) is 80.5 Å². The molecule has 0 N–H and O–H groups in total. The smallest absolute Gasteiger partial charge is 0.267 e. The molecule has 1 aliphatic rings. The molecular weight excluding hydrogens is 466 g/mol. The van der Waals surface area contributed by atoms with Gasteiger partial charge in [-0.2, -0.15) is 0 Å². The highest BCUT2D eigenvalue weighted by Crippen LogP contribution is 2.34. The molecule has 174 valence electrons. The molecule has 0 bridgehead atoms. The highest BCUT2D eigenvalue weighted by Gasteiger charge is 2.25. The summed E-state index contributed by atoms with van der Waals surface area (Å²) in [5, 5.41) is 1.23. The SMILES string of the molecule is COc1ccc(-n2c(SCC(=O)c3ccc(C)cc3)nc3sc4c(c3c2=O)CCN(C)C4)cc1. The third kappa shape index (κ3) is 4.29. The van der Waals surface area contributed by atoms with Gasteiger partial charge in [0, 0.05) is 23.5 Å². The van der Waals surface area contributed by atoms with Crippen molar-refractivity contribution in [3.8, 4) is 11.4 Å². The quantitative estimate of drug-likeness (QED) is 0.221. The maximum Gasteiger partial charge on any atom is 0.267 e. The molecule has 2 aromatic carbocycles. The summed E-state index contributed by atoms with van der Waals surface area (Å²) >= 11 is 2.89. The summed E-state index contributed by atoms with van der Waals surface area (Å²) in [5.74, 6) is 0.920. The molecule has 0 fully saturated rings. The fourth-order valence-electron chi connectivity index (χ4n) is 4.16. The zero-order valence-corrected chi connectivity index (χ0v) is 21.0. The summed E-state index contributed by atoms with van der Waals surface area (Å²) in [6.07, 6.45) is 0.837. The number of thiophene rings is 1. The fraction of sp³-hybridized carbons (Fsp3) is 0.269. The zero-order chi connectivity index (χ0) is 23.8. The van der Waals surface area contributed by atoms with Gasteiger partial charge in [0.25, 0.3) is 5.56 Å². The molecule has 34 heavy (non-hydrogen) atoms. The largest absolute Gasteiger partial charge is 0.497 e. The summed E-state index contributed by atoms with van der Waals surface area (Å²) in [6.45, 7) is 3.74. The van der Waals surface area contributed by atoms with Crippen LogP contribution in [0.4, 0.5) is 0 Å². The van der Waals surface area contributed by atoms with Crippen LogP contribution < -0.4 is 10.3 Å². The molecule has 5 rings (SSSR count). The maximum absolute atomic E-state index is 13.9. The van der Waals surface area contributed by atoms with Crippen LogP contribution in [-0.2, 0) is 13.0 Å². The first kappa shape index (κ1) is 22.8. The number of aromatic nitrogens is 2. The van der Waals surface area contributed by atoms with E-state index in [-0.39, 0.29) is 17.1 Å². The van der Waals surface area contributed by atoms with Crippen LogP contribution in [0.2, 0.25) is 0 Å². The van der Waals surface area contributed by atoms with Gasteiger partial charge >= 0.3 is 0 Å². The van der Waals surface area contributed by atoms with Crippen molar-refractivity contribution in [1.82, 2.24) is 14.5 Å². The van der Waals surface area contributed by atoms with E-state index in [2.05, 4.69) is 11.9 Å². The van der Waals surface area contributed by atoms with Gasteiger partial charge < -0.3 is 9.64 Å². The Labute approximate surface area is 206 Å². The number of benzene rings is 2. The van der Waals surface area contributed by atoms with Crippen molar-refractivity contribution < 1.29 is 9.53 Å². The van der Waals surface area contributed by atoms with E-state index in [0.717, 1.165) is 35.5 Å². The highest BCUT2D eigenvalue weighted by atomic mass is 32.2. The van der Waals surface area contributed by atoms with Gasteiger partial charge in [-0.25, -0.2) is 4.98 Å². The van der Waals surface area contributed by atoms with E-state index in [1.54, 1.807) is 23.0 Å². The molecule has 0 unspecified atom stereocenters. The van der Waals surface area contributed by atoms with Crippen molar-refractivity contribution in [3.63, 3.8) is 0 Å². The molecule has 0 aliphatic carbocycles. The minimum Gasteiger partial charge on any atom is -0.497 e. The first-order chi connectivity index (χ1) is 16.4. The number of ketones is 1. The lowest BCUT2D eigenvalue weighted by atomic mass is 10.1. The zero-order valence-electron chi connectivity index (χ0n) is 19.3. The molecule has 1 aliphatic heterocycles. The molecule has 6 nitrogen and oxygen atoms in total. The molecule has 3 heterocycles. The topological polar surface area (TPSA) is 64.4 Å². The lowest BCUT2D eigenvalue weighted by Gasteiger charge is -2.21. The Morgan fingerprint density at radius 3 is 2.59 bits per heavy atom. The monoisotopic (exact) mass is 491 g/mol. The first-order valence-electron chi connectivity index (χ1n) is 11.1. The van der Waals surface area contributed by atoms with Gasteiger partial charge in [-0.05, 0) is 50.2 Å². The number of thioether (sulfide) groups is 1. The highest BCUT2D eigenvalue weighted by molar-refractivity contribution is 7.99. The van der Waals surface area contributed by atoms with Crippen LogP contribution in [0.1, 0.15) is 26.4 Å². The molecule has 0 saturated carbocycles. The lowest BCUT2D eigenvalue weighted by molar-refractivity contribution is 0.102. The summed E-state index contributed by atoms with van der Waals surface area (Å²) in [7, 11) is 3.70. The van der Waals surface area contributed by atoms with Crippen LogP contribution in [0.15, 0.2) is 58.5 Å². The molecular formula is C26H25N3O3S2. The van der Waals surface area contributed by atoms with E-state index < -0.39 is 0 Å². The van der Waals surface area contributed by atoms with E-state index in [1.807, 2.05) is 55.5 Å². The van der Waals surface area contributed by atoms with Gasteiger partial charge in [-0.15, -0.1) is 11.3 Å². The van der Waals surface area contributed by atoms with E-state index in [0.29, 0.717) is 27.5 Å². The van der Waals surface area contributed by atoms with Crippen molar-refractivity contribution in [2.75, 3.05) is 26.5 Å². The Morgan fingerprint density at radius 2 is 1.88 bits per heavy atom. The van der Waals surface area contributed by atoms with Crippen molar-refractivity contribution in [2.24, 2.45) is 0 Å². The number of methoxy groups -OCH3 is 1. The number of nitrogens with zero attached hydrogens (tertiary/aromatic N) is 3. The van der Waals surface area contributed by atoms with E-state index in [1.165, 1.54) is 16.6 Å². The van der Waals surface area contributed by atoms with Crippen molar-refractivity contribution in [1.29, 1.82) is 0 Å². The van der Waals surface area contributed by atoms with Gasteiger partial charge in [0.05, 0.1) is 23.9 Å². The third-order valence-corrected chi connectivity index (χ3v) is 8.12. The summed E-state index contributed by atoms with van der Waals surface area (Å²) in [6, 6.07) is 14.9. The number of carbonyl (C=O) groups is 1. The average molecular weight is 492 g/mol. The van der Waals surface area contributed by atoms with Crippen molar-refractivity contribution >= 4 is 39.1 Å². The minimum absolute atomic E-state index is 0.00715. The number of hydrogen-bond acceptors (Lipinski definition) is 7. The predicted octanol–water partition coefficient (Wildman–Crippen LogP) is 4.73. The molecule has 0 spiro atoms. The summed E-state index contributed by atoms with van der Waals surface area (Å²) in [5.41, 5.74) is 3.51. The number of rotatable bonds is 6. The van der Waals surface area contributed by atoms with Crippen molar-refractivity contribution in [2.45, 2.75) is 25.0 Å². The second kappa shape index (κ2) is 9.37. The Morgan fingerprint density at radius 1 is 1.15 bits per heavy atom. The summed E-state index contributed by atoms with van der Waals surface area (Å²) < 4.78 is 6.93. The van der Waals surface area contributed by atoms with Crippen LogP contribution in [0.3, 0.4) is 0 Å². The average Bonchev–Trinajstić information content (AvgIpc) is 3.20. The molecule has 0 radical (unpaired) electrons. The second-order valence-corrected chi connectivity index (χ2v) is 10.5. The van der Waals surface area contributed by atoms with Crippen LogP contribution >= 0.6 is 23.1 Å². The standard InChI is InChI=1S/C26H25N3O3S2/c1-16-4-6-17(7-5-16)21(30)15-33-26-27-24-23(20-12-13-28(2)14-22(20)34-24)25(31)29(26)18-8-10-19(32-3)11-9-18/h4-11H,12-15H2,1-3H3. The summed E-state index contributed by atoms with van der Waals surface area (Å²) in [4.78, 5) is 35.8. The van der Waals surface area contributed by atoms with Crippen LogP contribution in [0, 0.1) is 6.92 Å². The Balaban J connectivity index is 1.59. The Bertz CT molecular complexity index is 1420. The number of fused-ring (bicyclic) bond motifs is 3. The molecule has 0 amide bonds.